The van der Waals surface area contributed by atoms with E-state index < -0.39 is 0 Å². The van der Waals surface area contributed by atoms with Crippen molar-refractivity contribution in [3.05, 3.63) is 53.0 Å². The minimum Gasteiger partial charge on any atom is -0.257 e. The molecule has 2 heterocycles. The van der Waals surface area contributed by atoms with Gasteiger partial charge in [-0.25, -0.2) is 4.52 Å². The van der Waals surface area contributed by atoms with Crippen LogP contribution in [0, 0.1) is 17.2 Å². The van der Waals surface area contributed by atoms with E-state index in [2.05, 4.69) is 39.2 Å². The van der Waals surface area contributed by atoms with Crippen LogP contribution in [0.5, 0.6) is 0 Å². The van der Waals surface area contributed by atoms with Crippen LogP contribution in [0.2, 0.25) is 0 Å². The summed E-state index contributed by atoms with van der Waals surface area (Å²) in [6.45, 7) is 0. The van der Waals surface area contributed by atoms with Crippen LogP contribution in [-0.2, 0) is 0 Å². The minimum atomic E-state index is 0.205. The molecule has 0 amide bonds. The fraction of sp³-hybridized carbons (Fsp3) is 0.316. The van der Waals surface area contributed by atoms with Gasteiger partial charge in [0.2, 0.25) is 0 Å². The lowest BCUT2D eigenvalue weighted by Gasteiger charge is -2.24. The van der Waals surface area contributed by atoms with Crippen LogP contribution in [-0.4, -0.2) is 14.6 Å². The molecule has 1 aromatic carbocycles. The predicted molar refractivity (Wildman–Crippen MR) is 96.4 cm³/mol. The van der Waals surface area contributed by atoms with Crippen LogP contribution in [0.4, 0.5) is 0 Å². The molecule has 0 saturated heterocycles. The Labute approximate surface area is 149 Å². The molecular formula is C19H17BrN4. The first-order valence-corrected chi connectivity index (χ1v) is 9.03. The van der Waals surface area contributed by atoms with Crippen molar-refractivity contribution >= 4 is 21.4 Å². The highest BCUT2D eigenvalue weighted by Crippen LogP contribution is 2.38. The standard InChI is InChI=1S/C19H17BrN4/c20-16-7-5-14(6-8-16)17-12-23-24-10-9-22-18(19(17)24)15-3-1-13(11-21)2-4-15/h5-10,12-13,15H,1-4H2. The second-order valence-electron chi connectivity index (χ2n) is 6.35. The zero-order chi connectivity index (χ0) is 16.5. The van der Waals surface area contributed by atoms with Crippen molar-refractivity contribution in [3.63, 3.8) is 0 Å². The topological polar surface area (TPSA) is 54.0 Å². The van der Waals surface area contributed by atoms with Crippen molar-refractivity contribution in [2.24, 2.45) is 5.92 Å². The summed E-state index contributed by atoms with van der Waals surface area (Å²) in [6, 6.07) is 10.7. The molecule has 0 atom stereocenters. The average molecular weight is 381 g/mol. The smallest absolute Gasteiger partial charge is 0.0958 e. The Morgan fingerprint density at radius 3 is 2.58 bits per heavy atom. The van der Waals surface area contributed by atoms with Gasteiger partial charge in [-0.1, -0.05) is 28.1 Å². The summed E-state index contributed by atoms with van der Waals surface area (Å²) in [6.07, 6.45) is 9.63. The van der Waals surface area contributed by atoms with Crippen molar-refractivity contribution in [2.45, 2.75) is 31.6 Å². The van der Waals surface area contributed by atoms with E-state index in [0.717, 1.165) is 52.5 Å². The molecule has 1 aliphatic carbocycles. The Kier molecular flexibility index (Phi) is 4.07. The molecule has 1 fully saturated rings. The summed E-state index contributed by atoms with van der Waals surface area (Å²) in [7, 11) is 0. The molecule has 1 aliphatic rings. The zero-order valence-corrected chi connectivity index (χ0v) is 14.8. The van der Waals surface area contributed by atoms with Crippen molar-refractivity contribution in [1.82, 2.24) is 14.6 Å². The third-order valence-corrected chi connectivity index (χ3v) is 5.44. The highest BCUT2D eigenvalue weighted by Gasteiger charge is 2.26. The normalized spacial score (nSPS) is 20.8. The van der Waals surface area contributed by atoms with E-state index in [-0.39, 0.29) is 5.92 Å². The van der Waals surface area contributed by atoms with Gasteiger partial charge >= 0.3 is 0 Å². The Hall–Kier alpha value is -2.19. The predicted octanol–water partition coefficient (Wildman–Crippen LogP) is 4.96. The zero-order valence-electron chi connectivity index (χ0n) is 13.2. The SMILES string of the molecule is N#CC1CCC(c2nccn3ncc(-c4ccc(Br)cc4)c23)CC1. The van der Waals surface area contributed by atoms with Crippen molar-refractivity contribution in [2.75, 3.05) is 0 Å². The largest absolute Gasteiger partial charge is 0.257 e. The van der Waals surface area contributed by atoms with E-state index in [1.807, 2.05) is 35.2 Å². The molecular weight excluding hydrogens is 364 g/mol. The first-order valence-electron chi connectivity index (χ1n) is 8.24. The molecule has 1 saturated carbocycles. The lowest BCUT2D eigenvalue weighted by Crippen LogP contribution is -2.14. The van der Waals surface area contributed by atoms with Crippen LogP contribution in [0.1, 0.15) is 37.3 Å². The van der Waals surface area contributed by atoms with Crippen molar-refractivity contribution < 1.29 is 0 Å². The lowest BCUT2D eigenvalue weighted by atomic mass is 9.80. The van der Waals surface area contributed by atoms with Gasteiger partial charge < -0.3 is 0 Å². The van der Waals surface area contributed by atoms with E-state index in [9.17, 15) is 0 Å². The number of hydrogen-bond acceptors (Lipinski definition) is 3. The molecule has 120 valence electrons. The maximum atomic E-state index is 9.12. The van der Waals surface area contributed by atoms with E-state index >= 15 is 0 Å². The van der Waals surface area contributed by atoms with E-state index in [4.69, 9.17) is 10.2 Å². The van der Waals surface area contributed by atoms with Gasteiger partial charge in [0.25, 0.3) is 0 Å². The summed E-state index contributed by atoms with van der Waals surface area (Å²) in [5.41, 5.74) is 4.48. The number of rotatable bonds is 2. The van der Waals surface area contributed by atoms with Gasteiger partial charge in [0.1, 0.15) is 0 Å². The maximum absolute atomic E-state index is 9.12. The van der Waals surface area contributed by atoms with Crippen LogP contribution in [0.3, 0.4) is 0 Å². The quantitative estimate of drug-likeness (QED) is 0.631. The number of halogens is 1. The molecule has 0 N–H and O–H groups in total. The Bertz CT molecular complexity index is 899. The van der Waals surface area contributed by atoms with E-state index in [1.54, 1.807) is 0 Å². The summed E-state index contributed by atoms with van der Waals surface area (Å²) in [5, 5.41) is 13.6. The molecule has 0 aliphatic heterocycles. The molecule has 24 heavy (non-hydrogen) atoms. The number of nitriles is 1. The van der Waals surface area contributed by atoms with Gasteiger partial charge in [-0.3, -0.25) is 4.98 Å². The van der Waals surface area contributed by atoms with Crippen LogP contribution in [0.25, 0.3) is 16.6 Å². The second-order valence-corrected chi connectivity index (χ2v) is 7.26. The molecule has 0 unspecified atom stereocenters. The molecule has 0 radical (unpaired) electrons. The first-order chi connectivity index (χ1) is 11.8. The Morgan fingerprint density at radius 2 is 1.88 bits per heavy atom. The third kappa shape index (κ3) is 2.71. The van der Waals surface area contributed by atoms with E-state index in [1.165, 1.54) is 0 Å². The van der Waals surface area contributed by atoms with Gasteiger partial charge in [0.15, 0.2) is 0 Å². The fourth-order valence-electron chi connectivity index (χ4n) is 3.60. The molecule has 4 nitrogen and oxygen atoms in total. The molecule has 0 spiro atoms. The van der Waals surface area contributed by atoms with Gasteiger partial charge in [-0.05, 0) is 43.4 Å². The van der Waals surface area contributed by atoms with Crippen molar-refractivity contribution in [3.8, 4) is 17.2 Å². The Balaban J connectivity index is 1.78. The highest BCUT2D eigenvalue weighted by atomic mass is 79.9. The van der Waals surface area contributed by atoms with Gasteiger partial charge in [0, 0.05) is 34.3 Å². The van der Waals surface area contributed by atoms with Crippen LogP contribution < -0.4 is 0 Å². The molecule has 3 aromatic rings. The first kappa shape index (κ1) is 15.3. The average Bonchev–Trinajstić information content (AvgIpc) is 3.07. The second kappa shape index (κ2) is 6.37. The van der Waals surface area contributed by atoms with Crippen LogP contribution in [0.15, 0.2) is 47.3 Å². The summed E-state index contributed by atoms with van der Waals surface area (Å²) in [4.78, 5) is 4.70. The maximum Gasteiger partial charge on any atom is 0.0958 e. The molecule has 5 heteroatoms. The lowest BCUT2D eigenvalue weighted by molar-refractivity contribution is 0.378. The van der Waals surface area contributed by atoms with Gasteiger partial charge in [-0.2, -0.15) is 10.4 Å². The highest BCUT2D eigenvalue weighted by molar-refractivity contribution is 9.10. The molecule has 0 bridgehead atoms. The van der Waals surface area contributed by atoms with Gasteiger partial charge in [0.05, 0.1) is 23.5 Å². The number of nitrogens with zero attached hydrogens (tertiary/aromatic N) is 4. The minimum absolute atomic E-state index is 0.205. The number of fused-ring (bicyclic) bond motifs is 1. The third-order valence-electron chi connectivity index (χ3n) is 4.91. The summed E-state index contributed by atoms with van der Waals surface area (Å²) >= 11 is 3.49. The molecule has 2 aromatic heterocycles. The van der Waals surface area contributed by atoms with E-state index in [0.29, 0.717) is 5.92 Å². The number of hydrogen-bond donors (Lipinski definition) is 0. The number of aromatic nitrogens is 3. The van der Waals surface area contributed by atoms with Crippen LogP contribution >= 0.6 is 15.9 Å². The summed E-state index contributed by atoms with van der Waals surface area (Å²) < 4.78 is 2.99. The van der Waals surface area contributed by atoms with Gasteiger partial charge in [-0.15, -0.1) is 0 Å². The number of benzene rings is 1. The fourth-order valence-corrected chi connectivity index (χ4v) is 3.87. The summed E-state index contributed by atoms with van der Waals surface area (Å²) in [5.74, 6) is 0.612. The van der Waals surface area contributed by atoms with Crippen molar-refractivity contribution in [1.29, 1.82) is 5.26 Å². The molecule has 4 rings (SSSR count). The monoisotopic (exact) mass is 380 g/mol. The Morgan fingerprint density at radius 1 is 1.12 bits per heavy atom.